The van der Waals surface area contributed by atoms with Gasteiger partial charge in [-0.05, 0) is 6.07 Å². The Kier molecular flexibility index (Phi) is 2.30. The van der Waals surface area contributed by atoms with Crippen molar-refractivity contribution in [1.29, 1.82) is 0 Å². The Hall–Kier alpha value is -2.05. The van der Waals surface area contributed by atoms with Crippen LogP contribution in [0.25, 0.3) is 11.3 Å². The molecule has 0 aliphatic carbocycles. The highest BCUT2D eigenvalue weighted by Crippen LogP contribution is 2.26. The Balaban J connectivity index is 2.57. The standard InChI is InChI=1S/C9H5F3N2O2/c10-9(11,12)8-13-6(3-7(15)14-8)5-1-2-16-4-5/h1-4H,(H,13,14,15). The predicted octanol–water partition coefficient (Wildman–Crippen LogP) is 2.05. The quantitative estimate of drug-likeness (QED) is 0.815. The summed E-state index contributed by atoms with van der Waals surface area (Å²) in [6.07, 6.45) is -2.19. The van der Waals surface area contributed by atoms with E-state index in [1.165, 1.54) is 18.6 Å². The molecule has 84 valence electrons. The average Bonchev–Trinajstić information content (AvgIpc) is 2.68. The molecule has 0 saturated heterocycles. The lowest BCUT2D eigenvalue weighted by atomic mass is 10.2. The highest BCUT2D eigenvalue weighted by atomic mass is 19.4. The van der Waals surface area contributed by atoms with Crippen molar-refractivity contribution < 1.29 is 17.6 Å². The minimum Gasteiger partial charge on any atom is -0.472 e. The van der Waals surface area contributed by atoms with Gasteiger partial charge in [0.2, 0.25) is 5.82 Å². The maximum absolute atomic E-state index is 12.3. The van der Waals surface area contributed by atoms with E-state index in [2.05, 4.69) is 4.98 Å². The summed E-state index contributed by atoms with van der Waals surface area (Å²) in [6, 6.07) is 2.39. The number of aromatic amines is 1. The van der Waals surface area contributed by atoms with Gasteiger partial charge >= 0.3 is 6.18 Å². The summed E-state index contributed by atoms with van der Waals surface area (Å²) < 4.78 is 41.7. The zero-order chi connectivity index (χ0) is 11.8. The molecule has 0 fully saturated rings. The molecule has 2 rings (SSSR count). The lowest BCUT2D eigenvalue weighted by Crippen LogP contribution is -2.18. The summed E-state index contributed by atoms with van der Waals surface area (Å²) in [7, 11) is 0. The molecule has 0 saturated carbocycles. The van der Waals surface area contributed by atoms with Crippen molar-refractivity contribution in [2.75, 3.05) is 0 Å². The topological polar surface area (TPSA) is 58.9 Å². The third-order valence-electron chi connectivity index (χ3n) is 1.83. The molecular formula is C9H5F3N2O2. The van der Waals surface area contributed by atoms with E-state index in [-0.39, 0.29) is 5.69 Å². The van der Waals surface area contributed by atoms with Crippen LogP contribution in [-0.2, 0) is 6.18 Å². The number of rotatable bonds is 1. The van der Waals surface area contributed by atoms with E-state index in [4.69, 9.17) is 4.42 Å². The van der Waals surface area contributed by atoms with Crippen LogP contribution < -0.4 is 5.56 Å². The van der Waals surface area contributed by atoms with Crippen LogP contribution in [0.5, 0.6) is 0 Å². The molecule has 2 aromatic rings. The van der Waals surface area contributed by atoms with Crippen LogP contribution in [0.3, 0.4) is 0 Å². The van der Waals surface area contributed by atoms with E-state index in [0.717, 1.165) is 6.07 Å². The van der Waals surface area contributed by atoms with Gasteiger partial charge in [-0.3, -0.25) is 4.79 Å². The largest absolute Gasteiger partial charge is 0.472 e. The SMILES string of the molecule is O=c1cc(-c2ccoc2)nc(C(F)(F)F)[nH]1. The van der Waals surface area contributed by atoms with Crippen molar-refractivity contribution in [3.8, 4) is 11.3 Å². The Bertz CT molecular complexity index is 543. The summed E-state index contributed by atoms with van der Waals surface area (Å²) >= 11 is 0. The van der Waals surface area contributed by atoms with Gasteiger partial charge in [-0.15, -0.1) is 0 Å². The Morgan fingerprint density at radius 2 is 2.12 bits per heavy atom. The van der Waals surface area contributed by atoms with Crippen LogP contribution in [0.4, 0.5) is 13.2 Å². The summed E-state index contributed by atoms with van der Waals surface area (Å²) in [5, 5.41) is 0. The highest BCUT2D eigenvalue weighted by Gasteiger charge is 2.34. The molecule has 2 heterocycles. The molecule has 0 bridgehead atoms. The van der Waals surface area contributed by atoms with E-state index in [1.807, 2.05) is 0 Å². The molecule has 0 aliphatic heterocycles. The van der Waals surface area contributed by atoms with Crippen molar-refractivity contribution in [3.05, 3.63) is 40.8 Å². The first-order chi connectivity index (χ1) is 7.47. The molecule has 0 amide bonds. The molecular weight excluding hydrogens is 225 g/mol. The molecule has 7 heteroatoms. The van der Waals surface area contributed by atoms with E-state index in [9.17, 15) is 18.0 Å². The minimum atomic E-state index is -4.68. The fourth-order valence-electron chi connectivity index (χ4n) is 1.15. The van der Waals surface area contributed by atoms with Crippen LogP contribution in [-0.4, -0.2) is 9.97 Å². The van der Waals surface area contributed by atoms with Crippen LogP contribution in [0.2, 0.25) is 0 Å². The van der Waals surface area contributed by atoms with Gasteiger partial charge in [0.05, 0.1) is 18.2 Å². The van der Waals surface area contributed by atoms with E-state index in [1.54, 1.807) is 4.98 Å². The minimum absolute atomic E-state index is 0.0789. The number of H-pyrrole nitrogens is 1. The molecule has 0 aromatic carbocycles. The molecule has 2 aromatic heterocycles. The summed E-state index contributed by atoms with van der Waals surface area (Å²) in [5.74, 6) is -1.32. The maximum atomic E-state index is 12.3. The second kappa shape index (κ2) is 3.51. The van der Waals surface area contributed by atoms with Crippen LogP contribution in [0.15, 0.2) is 33.9 Å². The van der Waals surface area contributed by atoms with Gasteiger partial charge in [0, 0.05) is 11.6 Å². The van der Waals surface area contributed by atoms with Crippen LogP contribution in [0, 0.1) is 0 Å². The first-order valence-electron chi connectivity index (χ1n) is 4.18. The lowest BCUT2D eigenvalue weighted by Gasteiger charge is -2.05. The van der Waals surface area contributed by atoms with Gasteiger partial charge in [0.1, 0.15) is 0 Å². The number of hydrogen-bond acceptors (Lipinski definition) is 3. The Morgan fingerprint density at radius 1 is 1.38 bits per heavy atom. The zero-order valence-corrected chi connectivity index (χ0v) is 7.71. The summed E-state index contributed by atoms with van der Waals surface area (Å²) in [4.78, 5) is 16.0. The third kappa shape index (κ3) is 1.97. The van der Waals surface area contributed by atoms with E-state index in [0.29, 0.717) is 5.56 Å². The molecule has 0 radical (unpaired) electrons. The molecule has 0 spiro atoms. The van der Waals surface area contributed by atoms with Gasteiger partial charge in [0.25, 0.3) is 5.56 Å². The molecule has 0 atom stereocenters. The van der Waals surface area contributed by atoms with Gasteiger partial charge in [-0.1, -0.05) is 0 Å². The smallest absolute Gasteiger partial charge is 0.449 e. The van der Waals surface area contributed by atoms with Gasteiger partial charge in [-0.2, -0.15) is 13.2 Å². The van der Waals surface area contributed by atoms with Gasteiger partial charge < -0.3 is 9.40 Å². The normalized spacial score (nSPS) is 11.7. The second-order valence-electron chi connectivity index (χ2n) is 2.99. The second-order valence-corrected chi connectivity index (χ2v) is 2.99. The molecule has 4 nitrogen and oxygen atoms in total. The number of nitrogens with one attached hydrogen (secondary N) is 1. The third-order valence-corrected chi connectivity index (χ3v) is 1.83. The fourth-order valence-corrected chi connectivity index (χ4v) is 1.15. The van der Waals surface area contributed by atoms with Crippen molar-refractivity contribution in [2.24, 2.45) is 0 Å². The van der Waals surface area contributed by atoms with Crippen LogP contribution >= 0.6 is 0 Å². The zero-order valence-electron chi connectivity index (χ0n) is 7.71. The van der Waals surface area contributed by atoms with Crippen LogP contribution in [0.1, 0.15) is 5.82 Å². The monoisotopic (exact) mass is 230 g/mol. The number of nitrogens with zero attached hydrogens (tertiary/aromatic N) is 1. The number of hydrogen-bond donors (Lipinski definition) is 1. The first-order valence-corrected chi connectivity index (χ1v) is 4.18. The lowest BCUT2D eigenvalue weighted by molar-refractivity contribution is -0.145. The van der Waals surface area contributed by atoms with Crippen molar-refractivity contribution >= 4 is 0 Å². The fraction of sp³-hybridized carbons (Fsp3) is 0.111. The molecule has 1 N–H and O–H groups in total. The molecule has 0 unspecified atom stereocenters. The number of alkyl halides is 3. The van der Waals surface area contributed by atoms with E-state index >= 15 is 0 Å². The summed E-state index contributed by atoms with van der Waals surface area (Å²) in [6.45, 7) is 0. The van der Waals surface area contributed by atoms with E-state index < -0.39 is 17.6 Å². The Morgan fingerprint density at radius 3 is 2.69 bits per heavy atom. The summed E-state index contributed by atoms with van der Waals surface area (Å²) in [5.41, 5.74) is -0.625. The molecule has 16 heavy (non-hydrogen) atoms. The number of aromatic nitrogens is 2. The number of halogens is 3. The predicted molar refractivity (Wildman–Crippen MR) is 47.6 cm³/mol. The molecule has 0 aliphatic rings. The van der Waals surface area contributed by atoms with Gasteiger partial charge in [0.15, 0.2) is 0 Å². The average molecular weight is 230 g/mol. The van der Waals surface area contributed by atoms with Crippen molar-refractivity contribution in [2.45, 2.75) is 6.18 Å². The Labute approximate surface area is 86.7 Å². The number of furan rings is 1. The highest BCUT2D eigenvalue weighted by molar-refractivity contribution is 5.56. The maximum Gasteiger partial charge on any atom is 0.449 e. The van der Waals surface area contributed by atoms with Gasteiger partial charge in [-0.25, -0.2) is 4.98 Å². The van der Waals surface area contributed by atoms with Crippen molar-refractivity contribution in [1.82, 2.24) is 9.97 Å². The van der Waals surface area contributed by atoms with Crippen molar-refractivity contribution in [3.63, 3.8) is 0 Å². The first kappa shape index (κ1) is 10.5.